The summed E-state index contributed by atoms with van der Waals surface area (Å²) in [5.74, 6) is 0.736. The summed E-state index contributed by atoms with van der Waals surface area (Å²) in [6.45, 7) is 8.04. The first-order valence-corrected chi connectivity index (χ1v) is 7.35. The first-order valence-electron chi connectivity index (χ1n) is 7.35. The number of rotatable bonds is 7. The number of nitrogens with one attached hydrogen (secondary N) is 1. The van der Waals surface area contributed by atoms with Gasteiger partial charge in [0.2, 0.25) is 0 Å². The highest BCUT2D eigenvalue weighted by atomic mass is 16.2. The van der Waals surface area contributed by atoms with Gasteiger partial charge in [-0.3, -0.25) is 4.40 Å². The third-order valence-corrected chi connectivity index (χ3v) is 3.48. The average Bonchev–Trinajstić information content (AvgIpc) is 2.74. The maximum Gasteiger partial charge on any atom is 0.350 e. The molecule has 2 aromatic heterocycles. The Morgan fingerprint density at radius 1 is 1.25 bits per heavy atom. The molecule has 0 radical (unpaired) electrons. The molecule has 0 saturated heterocycles. The van der Waals surface area contributed by atoms with Gasteiger partial charge in [0.05, 0.1) is 6.54 Å². The van der Waals surface area contributed by atoms with Gasteiger partial charge >= 0.3 is 5.69 Å². The first kappa shape index (κ1) is 14.8. The van der Waals surface area contributed by atoms with Gasteiger partial charge < -0.3 is 5.32 Å². The summed E-state index contributed by atoms with van der Waals surface area (Å²) in [6, 6.07) is 6.05. The third-order valence-electron chi connectivity index (χ3n) is 3.48. The molecule has 1 unspecified atom stereocenters. The van der Waals surface area contributed by atoms with Crippen LogP contribution in [-0.4, -0.2) is 26.8 Å². The monoisotopic (exact) mass is 276 g/mol. The highest BCUT2D eigenvalue weighted by Gasteiger charge is 2.07. The van der Waals surface area contributed by atoms with Crippen molar-refractivity contribution in [2.75, 3.05) is 6.54 Å². The molecule has 5 nitrogen and oxygen atoms in total. The Labute approximate surface area is 119 Å². The summed E-state index contributed by atoms with van der Waals surface area (Å²) in [7, 11) is 0. The zero-order chi connectivity index (χ0) is 14.5. The molecular formula is C15H24N4O. The highest BCUT2D eigenvalue weighted by molar-refractivity contribution is 5.35. The number of hydrogen-bond donors (Lipinski definition) is 1. The van der Waals surface area contributed by atoms with E-state index in [1.165, 1.54) is 11.1 Å². The van der Waals surface area contributed by atoms with Gasteiger partial charge in [-0.15, -0.1) is 5.10 Å². The van der Waals surface area contributed by atoms with Crippen molar-refractivity contribution < 1.29 is 0 Å². The number of pyridine rings is 1. The van der Waals surface area contributed by atoms with Crippen LogP contribution in [0.3, 0.4) is 0 Å². The van der Waals surface area contributed by atoms with E-state index in [1.54, 1.807) is 10.6 Å². The molecule has 0 aliphatic heterocycles. The zero-order valence-corrected chi connectivity index (χ0v) is 12.5. The lowest BCUT2D eigenvalue weighted by atomic mass is 10.0. The molecule has 0 spiro atoms. The van der Waals surface area contributed by atoms with Gasteiger partial charge in [0.1, 0.15) is 0 Å². The second-order valence-corrected chi connectivity index (χ2v) is 5.76. The van der Waals surface area contributed by atoms with Gasteiger partial charge in [-0.2, -0.15) is 0 Å². The normalized spacial score (nSPS) is 13.2. The molecule has 5 heteroatoms. The van der Waals surface area contributed by atoms with E-state index in [-0.39, 0.29) is 5.69 Å². The summed E-state index contributed by atoms with van der Waals surface area (Å²) in [6.07, 6.45) is 4.14. The van der Waals surface area contributed by atoms with E-state index in [2.05, 4.69) is 31.2 Å². The van der Waals surface area contributed by atoms with Crippen LogP contribution in [0.5, 0.6) is 0 Å². The maximum atomic E-state index is 12.1. The smallest absolute Gasteiger partial charge is 0.312 e. The quantitative estimate of drug-likeness (QED) is 0.840. The summed E-state index contributed by atoms with van der Waals surface area (Å²) >= 11 is 0. The Bertz CT molecular complexity index is 599. The van der Waals surface area contributed by atoms with Crippen molar-refractivity contribution in [1.82, 2.24) is 19.5 Å². The predicted octanol–water partition coefficient (Wildman–Crippen LogP) is 1.91. The first-order chi connectivity index (χ1) is 9.58. The topological polar surface area (TPSA) is 51.3 Å². The molecule has 2 aromatic rings. The number of fused-ring (bicyclic) bond motifs is 1. The number of hydrogen-bond acceptors (Lipinski definition) is 3. The van der Waals surface area contributed by atoms with Crippen LogP contribution in [0, 0.1) is 5.92 Å². The van der Waals surface area contributed by atoms with E-state index in [9.17, 15) is 4.79 Å². The molecule has 110 valence electrons. The largest absolute Gasteiger partial charge is 0.350 e. The van der Waals surface area contributed by atoms with Crippen LogP contribution in [0.1, 0.15) is 33.6 Å². The summed E-state index contributed by atoms with van der Waals surface area (Å²) in [5.41, 5.74) is 0.627. The minimum atomic E-state index is -0.0720. The molecule has 2 heterocycles. The van der Waals surface area contributed by atoms with Gasteiger partial charge in [-0.05, 0) is 37.8 Å². The molecule has 0 bridgehead atoms. The lowest BCUT2D eigenvalue weighted by Crippen LogP contribution is -2.32. The van der Waals surface area contributed by atoms with Gasteiger partial charge in [0.15, 0.2) is 5.65 Å². The van der Waals surface area contributed by atoms with Crippen LogP contribution in [0.2, 0.25) is 0 Å². The molecular weight excluding hydrogens is 252 g/mol. The van der Waals surface area contributed by atoms with Crippen molar-refractivity contribution in [3.8, 4) is 0 Å². The standard InChI is InChI=1S/C15H24N4O/c1-12(2)7-8-13(3)16-9-11-19-15(20)18-10-5-4-6-14(18)17-19/h4-6,10,12-13,16H,7-9,11H2,1-3H3. The van der Waals surface area contributed by atoms with Crippen LogP contribution in [0.15, 0.2) is 29.2 Å². The summed E-state index contributed by atoms with van der Waals surface area (Å²) < 4.78 is 3.10. The predicted molar refractivity (Wildman–Crippen MR) is 81.0 cm³/mol. The second kappa shape index (κ2) is 6.70. The highest BCUT2D eigenvalue weighted by Crippen LogP contribution is 2.06. The molecule has 20 heavy (non-hydrogen) atoms. The second-order valence-electron chi connectivity index (χ2n) is 5.76. The zero-order valence-electron chi connectivity index (χ0n) is 12.5. The Hall–Kier alpha value is -1.62. The molecule has 1 atom stereocenters. The molecule has 0 amide bonds. The Kier molecular flexibility index (Phi) is 4.95. The van der Waals surface area contributed by atoms with Crippen molar-refractivity contribution in [1.29, 1.82) is 0 Å². The molecule has 0 aliphatic rings. The number of nitrogens with zero attached hydrogens (tertiary/aromatic N) is 3. The third kappa shape index (κ3) is 3.70. The van der Waals surface area contributed by atoms with Crippen LogP contribution < -0.4 is 11.0 Å². The minimum Gasteiger partial charge on any atom is -0.312 e. The Balaban J connectivity index is 1.87. The fourth-order valence-corrected chi connectivity index (χ4v) is 2.22. The van der Waals surface area contributed by atoms with E-state index in [0.29, 0.717) is 18.2 Å². The van der Waals surface area contributed by atoms with E-state index in [1.807, 2.05) is 18.2 Å². The summed E-state index contributed by atoms with van der Waals surface area (Å²) in [4.78, 5) is 12.1. The lowest BCUT2D eigenvalue weighted by molar-refractivity contribution is 0.432. The molecule has 1 N–H and O–H groups in total. The Morgan fingerprint density at radius 2 is 2.05 bits per heavy atom. The lowest BCUT2D eigenvalue weighted by Gasteiger charge is -2.14. The van der Waals surface area contributed by atoms with Crippen molar-refractivity contribution in [3.63, 3.8) is 0 Å². The fraction of sp³-hybridized carbons (Fsp3) is 0.600. The fourth-order valence-electron chi connectivity index (χ4n) is 2.22. The van der Waals surface area contributed by atoms with Crippen molar-refractivity contribution >= 4 is 5.65 Å². The average molecular weight is 276 g/mol. The SMILES string of the molecule is CC(C)CCC(C)NCCn1nc2ccccn2c1=O. The van der Waals surface area contributed by atoms with Crippen LogP contribution in [0.25, 0.3) is 5.65 Å². The molecule has 0 aromatic carbocycles. The van der Waals surface area contributed by atoms with E-state index in [4.69, 9.17) is 0 Å². The van der Waals surface area contributed by atoms with Crippen molar-refractivity contribution in [2.45, 2.75) is 46.2 Å². The van der Waals surface area contributed by atoms with E-state index in [0.717, 1.165) is 18.9 Å². The number of aromatic nitrogens is 3. The van der Waals surface area contributed by atoms with Crippen molar-refractivity contribution in [3.05, 3.63) is 34.9 Å². The maximum absolute atomic E-state index is 12.1. The van der Waals surface area contributed by atoms with Crippen LogP contribution in [0.4, 0.5) is 0 Å². The van der Waals surface area contributed by atoms with Crippen LogP contribution in [-0.2, 0) is 6.54 Å². The summed E-state index contributed by atoms with van der Waals surface area (Å²) in [5, 5.41) is 7.76. The van der Waals surface area contributed by atoms with Crippen molar-refractivity contribution in [2.24, 2.45) is 5.92 Å². The van der Waals surface area contributed by atoms with E-state index >= 15 is 0 Å². The van der Waals surface area contributed by atoms with Gasteiger partial charge in [-0.25, -0.2) is 9.48 Å². The molecule has 2 rings (SSSR count). The molecule has 0 aliphatic carbocycles. The van der Waals surface area contributed by atoms with Gasteiger partial charge in [0, 0.05) is 18.8 Å². The molecule has 0 fully saturated rings. The van der Waals surface area contributed by atoms with Crippen LogP contribution >= 0.6 is 0 Å². The van der Waals surface area contributed by atoms with Gasteiger partial charge in [0.25, 0.3) is 0 Å². The Morgan fingerprint density at radius 3 is 2.75 bits per heavy atom. The van der Waals surface area contributed by atoms with Gasteiger partial charge in [-0.1, -0.05) is 19.9 Å². The van der Waals surface area contributed by atoms with E-state index < -0.39 is 0 Å². The minimum absolute atomic E-state index is 0.0720. The molecule has 0 saturated carbocycles.